The van der Waals surface area contributed by atoms with Crippen molar-refractivity contribution in [2.75, 3.05) is 20.4 Å². The number of hydrogen-bond acceptors (Lipinski definition) is 10. The van der Waals surface area contributed by atoms with E-state index in [1.807, 2.05) is 34.6 Å². The number of Topliss-reactive ketones (excluding diaryl/α,β-unsaturated/α-hetero) is 4. The van der Waals surface area contributed by atoms with E-state index in [0.717, 1.165) is 12.8 Å². The summed E-state index contributed by atoms with van der Waals surface area (Å²) in [7, 11) is 1.54. The number of hydrogen-bond donors (Lipinski definition) is 1. The Morgan fingerprint density at radius 2 is 1.69 bits per heavy atom. The summed E-state index contributed by atoms with van der Waals surface area (Å²) in [6, 6.07) is -1.77. The second-order valence-corrected chi connectivity index (χ2v) is 14.8. The van der Waals surface area contributed by atoms with E-state index in [4.69, 9.17) is 9.47 Å². The van der Waals surface area contributed by atoms with Gasteiger partial charge >= 0.3 is 0 Å². The third-order valence-corrected chi connectivity index (χ3v) is 10.5. The topological polar surface area (TPSA) is 162 Å². The fourth-order valence-corrected chi connectivity index (χ4v) is 7.56. The largest absolute Gasteiger partial charge is 0.359 e. The van der Waals surface area contributed by atoms with E-state index >= 15 is 0 Å². The average molecular weight is 683 g/mol. The Hall–Kier alpha value is -3.38. The van der Waals surface area contributed by atoms with Crippen LogP contribution in [-0.2, 0) is 33.4 Å². The molecule has 4 rings (SSSR count). The van der Waals surface area contributed by atoms with E-state index < -0.39 is 41.4 Å². The summed E-state index contributed by atoms with van der Waals surface area (Å²) < 4.78 is 11.1. The van der Waals surface area contributed by atoms with Crippen molar-refractivity contribution in [3.63, 3.8) is 0 Å². The maximum absolute atomic E-state index is 14.5. The van der Waals surface area contributed by atoms with Crippen molar-refractivity contribution in [1.82, 2.24) is 20.2 Å². The van der Waals surface area contributed by atoms with Gasteiger partial charge in [0.15, 0.2) is 17.3 Å². The van der Waals surface area contributed by atoms with Gasteiger partial charge in [-0.25, -0.2) is 4.98 Å². The van der Waals surface area contributed by atoms with Gasteiger partial charge in [0.1, 0.15) is 18.5 Å². The van der Waals surface area contributed by atoms with Crippen LogP contribution in [0.4, 0.5) is 0 Å². The fourth-order valence-electron chi connectivity index (χ4n) is 7.56. The lowest BCUT2D eigenvalue weighted by molar-refractivity contribution is -0.145. The third-order valence-electron chi connectivity index (χ3n) is 10.5. The van der Waals surface area contributed by atoms with Gasteiger partial charge in [0, 0.05) is 63.1 Å². The van der Waals surface area contributed by atoms with Crippen molar-refractivity contribution in [1.29, 1.82) is 0 Å². The van der Waals surface area contributed by atoms with Gasteiger partial charge in [-0.15, -0.1) is 0 Å². The molecule has 1 unspecified atom stereocenters. The standard InChI is InChI=1S/C37H54N4O8/c1-7-8-24(35(45)31(44)15-23-9-10-23)16-30(43)34-25-11-12-32(49-20-48-6)27(25)19-41(34)37(47)33(22(4)5)40-36(46)26(21(2)3)17-29(42)28-18-38-13-14-39-28/h13-14,18,21-27,32-34H,7-12,15-17,19-20H2,1-6H3,(H,40,46)/t24?,25-,26+,27-,32+,33-,34-/m0/s1. The Kier molecular flexibility index (Phi) is 13.7. The van der Waals surface area contributed by atoms with Crippen molar-refractivity contribution in [3.8, 4) is 0 Å². The second-order valence-electron chi connectivity index (χ2n) is 14.8. The van der Waals surface area contributed by atoms with Gasteiger partial charge in [-0.1, -0.05) is 41.0 Å². The Morgan fingerprint density at radius 3 is 2.29 bits per heavy atom. The number of aromatic nitrogens is 2. The molecule has 1 aromatic rings. The van der Waals surface area contributed by atoms with E-state index in [1.165, 1.54) is 18.6 Å². The van der Waals surface area contributed by atoms with Gasteiger partial charge in [0.2, 0.25) is 17.6 Å². The van der Waals surface area contributed by atoms with Gasteiger partial charge in [0.05, 0.1) is 18.3 Å². The molecule has 12 heteroatoms. The van der Waals surface area contributed by atoms with Gasteiger partial charge in [-0.05, 0) is 55.8 Å². The molecular formula is C37H54N4O8. The summed E-state index contributed by atoms with van der Waals surface area (Å²) in [6.07, 6.45) is 8.41. The fraction of sp³-hybridized carbons (Fsp3) is 0.730. The molecule has 7 atom stereocenters. The minimum absolute atomic E-state index is 0.0885. The highest BCUT2D eigenvalue weighted by Crippen LogP contribution is 2.45. The molecule has 2 heterocycles. The van der Waals surface area contributed by atoms with Crippen LogP contribution >= 0.6 is 0 Å². The van der Waals surface area contributed by atoms with Crippen molar-refractivity contribution < 1.29 is 38.2 Å². The van der Waals surface area contributed by atoms with Gasteiger partial charge in [0.25, 0.3) is 0 Å². The van der Waals surface area contributed by atoms with Crippen LogP contribution in [0.5, 0.6) is 0 Å². The molecular weight excluding hydrogens is 628 g/mol. The third kappa shape index (κ3) is 9.66. The van der Waals surface area contributed by atoms with E-state index in [0.29, 0.717) is 25.7 Å². The molecule has 1 saturated heterocycles. The molecule has 3 aliphatic rings. The first-order chi connectivity index (χ1) is 23.4. The summed E-state index contributed by atoms with van der Waals surface area (Å²) in [5.41, 5.74) is 0.168. The Labute approximate surface area is 289 Å². The molecule has 0 aromatic carbocycles. The van der Waals surface area contributed by atoms with Crippen LogP contribution in [0.2, 0.25) is 0 Å². The maximum Gasteiger partial charge on any atom is 0.246 e. The number of ketones is 4. The number of ether oxygens (including phenoxy) is 2. The lowest BCUT2D eigenvalue weighted by Gasteiger charge is -2.33. The monoisotopic (exact) mass is 682 g/mol. The van der Waals surface area contributed by atoms with Crippen molar-refractivity contribution in [2.24, 2.45) is 41.4 Å². The van der Waals surface area contributed by atoms with Crippen molar-refractivity contribution in [3.05, 3.63) is 24.3 Å². The quantitative estimate of drug-likeness (QED) is 0.121. The number of carbonyl (C=O) groups excluding carboxylic acids is 6. The first kappa shape index (κ1) is 38.4. The van der Waals surface area contributed by atoms with Crippen LogP contribution in [0.1, 0.15) is 103 Å². The van der Waals surface area contributed by atoms with Crippen molar-refractivity contribution >= 4 is 34.9 Å². The van der Waals surface area contributed by atoms with Gasteiger partial charge < -0.3 is 19.7 Å². The maximum atomic E-state index is 14.5. The highest BCUT2D eigenvalue weighted by atomic mass is 16.7. The molecule has 12 nitrogen and oxygen atoms in total. The molecule has 49 heavy (non-hydrogen) atoms. The molecule has 1 aromatic heterocycles. The van der Waals surface area contributed by atoms with E-state index in [9.17, 15) is 28.8 Å². The molecule has 1 aliphatic heterocycles. The first-order valence-corrected chi connectivity index (χ1v) is 18.0. The van der Waals surface area contributed by atoms with Crippen molar-refractivity contribution in [2.45, 2.75) is 111 Å². The average Bonchev–Trinajstić information content (AvgIpc) is 3.68. The second kappa shape index (κ2) is 17.5. The number of nitrogens with zero attached hydrogens (tertiary/aromatic N) is 3. The summed E-state index contributed by atoms with van der Waals surface area (Å²) in [5, 5.41) is 2.94. The van der Waals surface area contributed by atoms with E-state index in [1.54, 1.807) is 12.0 Å². The first-order valence-electron chi connectivity index (χ1n) is 18.0. The summed E-state index contributed by atoms with van der Waals surface area (Å²) in [6.45, 7) is 9.63. The highest BCUT2D eigenvalue weighted by Gasteiger charge is 2.54. The molecule has 3 fully saturated rings. The van der Waals surface area contributed by atoms with E-state index in [2.05, 4.69) is 15.3 Å². The van der Waals surface area contributed by atoms with Gasteiger partial charge in [-0.3, -0.25) is 33.8 Å². The minimum atomic E-state index is -0.957. The smallest absolute Gasteiger partial charge is 0.246 e. The molecule has 0 bridgehead atoms. The summed E-state index contributed by atoms with van der Waals surface area (Å²) in [4.78, 5) is 91.2. The van der Waals surface area contributed by atoms with Crippen LogP contribution in [0.15, 0.2) is 18.6 Å². The number of methoxy groups -OCH3 is 1. The molecule has 0 radical (unpaired) electrons. The zero-order valence-electron chi connectivity index (χ0n) is 29.9. The highest BCUT2D eigenvalue weighted by molar-refractivity contribution is 6.38. The predicted octanol–water partition coefficient (Wildman–Crippen LogP) is 4.00. The number of nitrogens with one attached hydrogen (secondary N) is 1. The summed E-state index contributed by atoms with van der Waals surface area (Å²) >= 11 is 0. The Morgan fingerprint density at radius 1 is 0.959 bits per heavy atom. The van der Waals surface area contributed by atoms with Crippen LogP contribution in [0.25, 0.3) is 0 Å². The predicted molar refractivity (Wildman–Crippen MR) is 180 cm³/mol. The number of fused-ring (bicyclic) bond motifs is 1. The van der Waals surface area contributed by atoms with E-state index in [-0.39, 0.29) is 91.5 Å². The number of carbonyl (C=O) groups is 6. The number of amides is 2. The Bertz CT molecular complexity index is 1350. The van der Waals surface area contributed by atoms with Gasteiger partial charge in [-0.2, -0.15) is 0 Å². The Balaban J connectivity index is 1.56. The van der Waals surface area contributed by atoms with Crippen LogP contribution in [-0.4, -0.2) is 88.5 Å². The zero-order valence-corrected chi connectivity index (χ0v) is 29.9. The minimum Gasteiger partial charge on any atom is -0.359 e. The lowest BCUT2D eigenvalue weighted by Crippen LogP contribution is -2.56. The molecule has 270 valence electrons. The normalized spacial score (nSPS) is 23.6. The van der Waals surface area contributed by atoms with Crippen LogP contribution < -0.4 is 5.32 Å². The lowest BCUT2D eigenvalue weighted by atomic mass is 9.83. The SMILES string of the molecule is CCCC(CC(=O)[C@@H]1[C@H]2CC[C@@H](OCOC)[C@H]2CN1C(=O)[C@@H](NC(=O)[C@H](CC(=O)c1cnccn1)C(C)C)C(C)C)C(=O)C(=O)CC1CC1. The summed E-state index contributed by atoms with van der Waals surface area (Å²) in [5.74, 6) is -4.27. The number of likely N-dealkylation sites (tertiary alicyclic amines) is 1. The molecule has 2 aliphatic carbocycles. The van der Waals surface area contributed by atoms with Crippen LogP contribution in [0, 0.1) is 41.4 Å². The molecule has 2 amide bonds. The molecule has 2 saturated carbocycles. The molecule has 0 spiro atoms. The zero-order chi connectivity index (χ0) is 35.8. The number of rotatable bonds is 20. The molecule has 1 N–H and O–H groups in total. The van der Waals surface area contributed by atoms with Crippen LogP contribution in [0.3, 0.4) is 0 Å².